The zero-order chi connectivity index (χ0) is 8.49. The molecule has 2 N–H and O–H groups in total. The van der Waals surface area contributed by atoms with Crippen LogP contribution < -0.4 is 10.6 Å². The Morgan fingerprint density at radius 3 is 0.929 bits per heavy atom. The van der Waals surface area contributed by atoms with Crippen LogP contribution in [0.1, 0.15) is 0 Å². The van der Waals surface area contributed by atoms with Gasteiger partial charge in [0.1, 0.15) is 0 Å². The van der Waals surface area contributed by atoms with Gasteiger partial charge >= 0.3 is 0 Å². The Labute approximate surface area is 100 Å². The first-order valence-corrected chi connectivity index (χ1v) is 4.57. The van der Waals surface area contributed by atoms with E-state index in [-0.39, 0.29) is 27.0 Å². The highest BCUT2D eigenvalue weighted by molar-refractivity contribution is 7.37. The molecule has 0 aromatic carbocycles. The highest BCUT2D eigenvalue weighted by Gasteiger charge is 1.93. The Hall–Kier alpha value is 0.540. The van der Waals surface area contributed by atoms with Crippen LogP contribution in [-0.2, 0) is 36.5 Å². The molecule has 14 heavy (non-hydrogen) atoms. The Morgan fingerprint density at radius 1 is 0.571 bits per heavy atom. The van der Waals surface area contributed by atoms with Crippen molar-refractivity contribution in [3.05, 3.63) is 0 Å². The van der Waals surface area contributed by atoms with Gasteiger partial charge in [-0.05, 0) is 0 Å². The van der Waals surface area contributed by atoms with Gasteiger partial charge in [-0.1, -0.05) is 0 Å². The largest absolute Gasteiger partial charge is 2.00 e. The fraction of sp³-hybridized carbons (Fsp3) is 1.00. The second-order valence-corrected chi connectivity index (χ2v) is 2.72. The van der Waals surface area contributed by atoms with E-state index in [9.17, 15) is 0 Å². The van der Waals surface area contributed by atoms with Crippen LogP contribution in [-0.4, -0.2) is 52.6 Å². The molecule has 4 nitrogen and oxygen atoms in total. The quantitative estimate of drug-likeness (QED) is 0.580. The zero-order valence-electron chi connectivity index (χ0n) is 8.29. The average molecular weight is 238 g/mol. The van der Waals surface area contributed by atoms with Gasteiger partial charge in [-0.25, -0.2) is 0 Å². The number of hydrogen-bond acceptors (Lipinski definition) is 4. The fourth-order valence-electron chi connectivity index (χ4n) is 1.03. The van der Waals surface area contributed by atoms with Crippen LogP contribution in [0.25, 0.3) is 0 Å². The van der Waals surface area contributed by atoms with Crippen molar-refractivity contribution in [1.29, 1.82) is 0 Å². The van der Waals surface area contributed by atoms with Crippen LogP contribution in [0.2, 0.25) is 0 Å². The van der Waals surface area contributed by atoms with Crippen molar-refractivity contribution < 1.29 is 9.47 Å². The first kappa shape index (κ1) is 17.0. The smallest absolute Gasteiger partial charge is 0.0591 e. The fourth-order valence-corrected chi connectivity index (χ4v) is 1.03. The molecule has 2 rings (SSSR count). The van der Waals surface area contributed by atoms with E-state index in [4.69, 9.17) is 9.47 Å². The van der Waals surface area contributed by atoms with Crippen molar-refractivity contribution in [3.8, 4) is 0 Å². The lowest BCUT2D eigenvalue weighted by atomic mass is 10.5. The summed E-state index contributed by atoms with van der Waals surface area (Å²) in [5.41, 5.74) is 0. The molecule has 6 heteroatoms. The second kappa shape index (κ2) is 13.5. The summed E-state index contributed by atoms with van der Waals surface area (Å²) in [6.45, 7) is 7.67. The van der Waals surface area contributed by atoms with Gasteiger partial charge in [0.25, 0.3) is 0 Å². The molecule has 0 unspecified atom stereocenters. The van der Waals surface area contributed by atoms with Crippen molar-refractivity contribution >= 4 is 27.0 Å². The van der Waals surface area contributed by atoms with Gasteiger partial charge in [-0.3, -0.25) is 0 Å². The minimum atomic E-state index is 0. The van der Waals surface area contributed by atoms with E-state index < -0.39 is 0 Å². The Bertz CT molecular complexity index is 66.3. The molecule has 0 bridgehead atoms. The van der Waals surface area contributed by atoms with Crippen molar-refractivity contribution in [2.24, 2.45) is 0 Å². The molecule has 0 atom stereocenters. The molecule has 0 radical (unpaired) electrons. The molecule has 88 valence electrons. The first-order chi connectivity index (χ1) is 6.00. The van der Waals surface area contributed by atoms with Gasteiger partial charge in [0.15, 0.2) is 0 Å². The van der Waals surface area contributed by atoms with Gasteiger partial charge in [0.2, 0.25) is 0 Å². The summed E-state index contributed by atoms with van der Waals surface area (Å²) in [5, 5.41) is 6.32. The molecule has 0 saturated carbocycles. The van der Waals surface area contributed by atoms with Gasteiger partial charge in [-0.15, -0.1) is 0 Å². The third-order valence-corrected chi connectivity index (χ3v) is 1.69. The van der Waals surface area contributed by atoms with Crippen molar-refractivity contribution in [2.45, 2.75) is 0 Å². The number of rotatable bonds is 0. The predicted molar refractivity (Wildman–Crippen MR) is 62.1 cm³/mol. The highest BCUT2D eigenvalue weighted by atomic mass is 32.1. The zero-order valence-corrected chi connectivity index (χ0v) is 9.92. The average Bonchev–Trinajstić information content (AvgIpc) is 2.24. The molecule has 2 fully saturated rings. The molecular formula is C8H18N2O2S2-4. The van der Waals surface area contributed by atoms with E-state index >= 15 is 0 Å². The second-order valence-electron chi connectivity index (χ2n) is 2.72. The van der Waals surface area contributed by atoms with Crippen LogP contribution >= 0.6 is 0 Å². The topological polar surface area (TPSA) is 42.5 Å². The monoisotopic (exact) mass is 238 g/mol. The molecule has 2 aliphatic heterocycles. The predicted octanol–water partition coefficient (Wildman–Crippen LogP) is -0.792. The normalized spacial score (nSPS) is 20.6. The van der Waals surface area contributed by atoms with Crippen LogP contribution in [0, 0.1) is 0 Å². The van der Waals surface area contributed by atoms with Crippen LogP contribution in [0.4, 0.5) is 0 Å². The van der Waals surface area contributed by atoms with Crippen molar-refractivity contribution in [2.75, 3.05) is 52.6 Å². The standard InChI is InChI=1S/2C4H9NO.2S/c2*1-3-6-4-2-5-1;;/h2*5H,1-4H2;;/q;;2*-2. The van der Waals surface area contributed by atoms with Gasteiger partial charge in [0.05, 0.1) is 26.4 Å². The maximum Gasteiger partial charge on any atom is 0.0591 e. The van der Waals surface area contributed by atoms with E-state index in [0.717, 1.165) is 52.6 Å². The number of morpholine rings is 2. The molecule has 2 saturated heterocycles. The summed E-state index contributed by atoms with van der Waals surface area (Å²) < 4.78 is 10.0. The molecular weight excluding hydrogens is 220 g/mol. The van der Waals surface area contributed by atoms with Gasteiger partial charge in [-0.2, -0.15) is 0 Å². The molecule has 0 amide bonds. The summed E-state index contributed by atoms with van der Waals surface area (Å²) >= 11 is 0. The SMILES string of the molecule is C1COCCN1.C1COCCN1.[S-2].[S-2]. The maximum absolute atomic E-state index is 5.01. The van der Waals surface area contributed by atoms with Crippen LogP contribution in [0.5, 0.6) is 0 Å². The molecule has 0 spiro atoms. The Balaban J connectivity index is 0. The summed E-state index contributed by atoms with van der Waals surface area (Å²) in [6, 6.07) is 0. The van der Waals surface area contributed by atoms with E-state index in [1.165, 1.54) is 0 Å². The lowest BCUT2D eigenvalue weighted by Gasteiger charge is -2.10. The summed E-state index contributed by atoms with van der Waals surface area (Å²) in [7, 11) is 0. The number of hydrogen-bond donors (Lipinski definition) is 2. The minimum absolute atomic E-state index is 0. The molecule has 0 aliphatic carbocycles. The first-order valence-electron chi connectivity index (χ1n) is 4.57. The van der Waals surface area contributed by atoms with Crippen molar-refractivity contribution in [1.82, 2.24) is 10.6 Å². The molecule has 2 aliphatic rings. The molecule has 2 heterocycles. The van der Waals surface area contributed by atoms with Gasteiger partial charge < -0.3 is 47.1 Å². The third-order valence-electron chi connectivity index (χ3n) is 1.69. The lowest BCUT2D eigenvalue weighted by Crippen LogP contribution is -2.30. The molecule has 0 aromatic heterocycles. The summed E-state index contributed by atoms with van der Waals surface area (Å²) in [5.74, 6) is 0. The van der Waals surface area contributed by atoms with Gasteiger partial charge in [0, 0.05) is 26.2 Å². The Morgan fingerprint density at radius 2 is 0.857 bits per heavy atom. The van der Waals surface area contributed by atoms with E-state index in [1.54, 1.807) is 0 Å². The van der Waals surface area contributed by atoms with E-state index in [1.807, 2.05) is 0 Å². The lowest BCUT2D eigenvalue weighted by molar-refractivity contribution is 0.109. The summed E-state index contributed by atoms with van der Waals surface area (Å²) in [6.07, 6.45) is 0. The van der Waals surface area contributed by atoms with Crippen molar-refractivity contribution in [3.63, 3.8) is 0 Å². The summed E-state index contributed by atoms with van der Waals surface area (Å²) in [4.78, 5) is 0. The third kappa shape index (κ3) is 10.6. The molecule has 0 aromatic rings. The van der Waals surface area contributed by atoms with Crippen LogP contribution in [0.3, 0.4) is 0 Å². The van der Waals surface area contributed by atoms with Crippen LogP contribution in [0.15, 0.2) is 0 Å². The maximum atomic E-state index is 5.01. The Kier molecular flexibility index (Phi) is 16.4. The highest BCUT2D eigenvalue weighted by Crippen LogP contribution is 1.77. The number of nitrogens with one attached hydrogen (secondary N) is 2. The number of ether oxygens (including phenoxy) is 2. The van der Waals surface area contributed by atoms with E-state index in [2.05, 4.69) is 10.6 Å². The van der Waals surface area contributed by atoms with E-state index in [0.29, 0.717) is 0 Å². The minimum Gasteiger partial charge on any atom is -2.00 e.